The maximum absolute atomic E-state index is 11.3. The summed E-state index contributed by atoms with van der Waals surface area (Å²) in [5, 5.41) is 8.75. The van der Waals surface area contributed by atoms with Crippen LogP contribution in [0.4, 0.5) is 0 Å². The molecule has 0 aromatic heterocycles. The van der Waals surface area contributed by atoms with Gasteiger partial charge in [-0.3, -0.25) is 4.79 Å². The van der Waals surface area contributed by atoms with Crippen LogP contribution in [0.5, 0.6) is 0 Å². The van der Waals surface area contributed by atoms with Gasteiger partial charge in [0.05, 0.1) is 5.57 Å². The smallest absolute Gasteiger partial charge is 0.173 e. The lowest BCUT2D eigenvalue weighted by Crippen LogP contribution is -1.97. The van der Waals surface area contributed by atoms with Crippen molar-refractivity contribution in [3.63, 3.8) is 0 Å². The third-order valence-corrected chi connectivity index (χ3v) is 1.85. The molecule has 0 amide bonds. The van der Waals surface area contributed by atoms with Crippen LogP contribution in [0.3, 0.4) is 0 Å². The molecule has 0 heterocycles. The van der Waals surface area contributed by atoms with Gasteiger partial charge in [-0.05, 0) is 11.6 Å². The first-order valence-electron chi connectivity index (χ1n) is 4.48. The molecular formula is C12H11NO. The molecule has 1 rings (SSSR count). The van der Waals surface area contributed by atoms with Gasteiger partial charge in [0.15, 0.2) is 5.78 Å². The lowest BCUT2D eigenvalue weighted by Gasteiger charge is -1.95. The van der Waals surface area contributed by atoms with Crippen LogP contribution in [-0.4, -0.2) is 5.78 Å². The fourth-order valence-electron chi connectivity index (χ4n) is 1.08. The Hall–Kier alpha value is -1.88. The highest BCUT2D eigenvalue weighted by Crippen LogP contribution is 2.07. The zero-order chi connectivity index (χ0) is 10.4. The third-order valence-electron chi connectivity index (χ3n) is 1.85. The maximum atomic E-state index is 11.3. The Balaban J connectivity index is 2.97. The first-order chi connectivity index (χ1) is 6.77. The van der Waals surface area contributed by atoms with E-state index in [-0.39, 0.29) is 11.4 Å². The van der Waals surface area contributed by atoms with Gasteiger partial charge in [-0.2, -0.15) is 5.26 Å². The number of ketones is 1. The van der Waals surface area contributed by atoms with Crippen molar-refractivity contribution in [2.45, 2.75) is 13.3 Å². The zero-order valence-corrected chi connectivity index (χ0v) is 8.03. The van der Waals surface area contributed by atoms with E-state index in [0.29, 0.717) is 6.42 Å². The molecule has 0 atom stereocenters. The summed E-state index contributed by atoms with van der Waals surface area (Å²) in [4.78, 5) is 11.3. The highest BCUT2D eigenvalue weighted by molar-refractivity contribution is 6.02. The van der Waals surface area contributed by atoms with Crippen LogP contribution < -0.4 is 0 Å². The molecule has 1 aromatic rings. The molecule has 2 nitrogen and oxygen atoms in total. The molecule has 0 saturated heterocycles. The molecule has 0 aliphatic carbocycles. The molecule has 0 aliphatic heterocycles. The fraction of sp³-hybridized carbons (Fsp3) is 0.167. The normalized spacial score (nSPS) is 10.7. The van der Waals surface area contributed by atoms with E-state index in [4.69, 9.17) is 5.26 Å². The Morgan fingerprint density at radius 3 is 2.57 bits per heavy atom. The van der Waals surface area contributed by atoms with E-state index in [1.807, 2.05) is 36.4 Å². The van der Waals surface area contributed by atoms with Gasteiger partial charge in [0, 0.05) is 6.42 Å². The molecule has 2 heteroatoms. The van der Waals surface area contributed by atoms with Crippen LogP contribution in [0.1, 0.15) is 18.9 Å². The number of carbonyl (C=O) groups is 1. The lowest BCUT2D eigenvalue weighted by molar-refractivity contribution is -0.114. The lowest BCUT2D eigenvalue weighted by atomic mass is 10.1. The van der Waals surface area contributed by atoms with Gasteiger partial charge in [-0.1, -0.05) is 37.3 Å². The van der Waals surface area contributed by atoms with Crippen molar-refractivity contribution in [2.24, 2.45) is 0 Å². The minimum Gasteiger partial charge on any atom is -0.293 e. The monoisotopic (exact) mass is 185 g/mol. The number of carbonyl (C=O) groups excluding carboxylic acids is 1. The molecule has 0 unspecified atom stereocenters. The molecule has 0 N–H and O–H groups in total. The second-order valence-electron chi connectivity index (χ2n) is 2.86. The summed E-state index contributed by atoms with van der Waals surface area (Å²) >= 11 is 0. The van der Waals surface area contributed by atoms with Crippen molar-refractivity contribution < 1.29 is 4.79 Å². The molecule has 14 heavy (non-hydrogen) atoms. The average Bonchev–Trinajstić information content (AvgIpc) is 2.26. The molecular weight excluding hydrogens is 174 g/mol. The first-order valence-corrected chi connectivity index (χ1v) is 4.48. The quantitative estimate of drug-likeness (QED) is 0.536. The number of hydrogen-bond acceptors (Lipinski definition) is 2. The van der Waals surface area contributed by atoms with Crippen LogP contribution in [0, 0.1) is 11.3 Å². The van der Waals surface area contributed by atoms with Crippen molar-refractivity contribution >= 4 is 11.9 Å². The summed E-state index contributed by atoms with van der Waals surface area (Å²) in [6, 6.07) is 11.3. The van der Waals surface area contributed by atoms with Gasteiger partial charge in [-0.15, -0.1) is 0 Å². The Kier molecular flexibility index (Phi) is 3.63. The number of hydrogen-bond donors (Lipinski definition) is 0. The van der Waals surface area contributed by atoms with Crippen LogP contribution in [0.2, 0.25) is 0 Å². The van der Waals surface area contributed by atoms with Gasteiger partial charge in [0.25, 0.3) is 0 Å². The van der Waals surface area contributed by atoms with Crippen molar-refractivity contribution in [3.05, 3.63) is 41.5 Å². The Labute approximate surface area is 83.5 Å². The Morgan fingerprint density at radius 2 is 2.07 bits per heavy atom. The molecule has 0 aliphatic rings. The van der Waals surface area contributed by atoms with E-state index in [0.717, 1.165) is 5.56 Å². The topological polar surface area (TPSA) is 40.9 Å². The molecule has 0 saturated carbocycles. The summed E-state index contributed by atoms with van der Waals surface area (Å²) in [5.74, 6) is -0.114. The molecule has 0 radical (unpaired) electrons. The van der Waals surface area contributed by atoms with Gasteiger partial charge in [0.2, 0.25) is 0 Å². The van der Waals surface area contributed by atoms with Crippen LogP contribution in [0.25, 0.3) is 6.08 Å². The third kappa shape index (κ3) is 2.56. The van der Waals surface area contributed by atoms with Gasteiger partial charge >= 0.3 is 0 Å². The van der Waals surface area contributed by atoms with E-state index in [2.05, 4.69) is 0 Å². The summed E-state index contributed by atoms with van der Waals surface area (Å²) in [6.45, 7) is 1.75. The van der Waals surface area contributed by atoms with E-state index >= 15 is 0 Å². The molecule has 1 aromatic carbocycles. The number of Topliss-reactive ketones (excluding diaryl/α,β-unsaturated/α-hetero) is 1. The van der Waals surface area contributed by atoms with Crippen LogP contribution in [0.15, 0.2) is 35.9 Å². The minimum absolute atomic E-state index is 0.114. The average molecular weight is 185 g/mol. The number of allylic oxidation sites excluding steroid dienone is 1. The summed E-state index contributed by atoms with van der Waals surface area (Å²) < 4.78 is 0. The summed E-state index contributed by atoms with van der Waals surface area (Å²) in [6.07, 6.45) is 1.98. The minimum atomic E-state index is -0.114. The number of nitrogens with zero attached hydrogens (tertiary/aromatic N) is 1. The second-order valence-corrected chi connectivity index (χ2v) is 2.86. The van der Waals surface area contributed by atoms with Crippen molar-refractivity contribution in [1.82, 2.24) is 0 Å². The van der Waals surface area contributed by atoms with Gasteiger partial charge in [-0.25, -0.2) is 0 Å². The Morgan fingerprint density at radius 1 is 1.43 bits per heavy atom. The molecule has 0 spiro atoms. The predicted molar refractivity (Wildman–Crippen MR) is 55.3 cm³/mol. The molecule has 70 valence electrons. The number of benzene rings is 1. The molecule has 0 bridgehead atoms. The van der Waals surface area contributed by atoms with E-state index in [9.17, 15) is 4.79 Å². The largest absolute Gasteiger partial charge is 0.293 e. The van der Waals surface area contributed by atoms with E-state index in [1.165, 1.54) is 0 Å². The Bertz CT molecular complexity index is 385. The summed E-state index contributed by atoms with van der Waals surface area (Å²) in [7, 11) is 0. The van der Waals surface area contributed by atoms with Crippen LogP contribution >= 0.6 is 0 Å². The highest BCUT2D eigenvalue weighted by Gasteiger charge is 2.05. The highest BCUT2D eigenvalue weighted by atomic mass is 16.1. The van der Waals surface area contributed by atoms with Crippen molar-refractivity contribution in [1.29, 1.82) is 5.26 Å². The maximum Gasteiger partial charge on any atom is 0.173 e. The predicted octanol–water partition coefficient (Wildman–Crippen LogP) is 2.57. The fourth-order valence-corrected chi connectivity index (χ4v) is 1.08. The molecule has 0 fully saturated rings. The van der Waals surface area contributed by atoms with E-state index in [1.54, 1.807) is 13.0 Å². The first kappa shape index (κ1) is 10.2. The number of nitriles is 1. The van der Waals surface area contributed by atoms with E-state index < -0.39 is 0 Å². The zero-order valence-electron chi connectivity index (χ0n) is 8.03. The second kappa shape index (κ2) is 4.98. The number of rotatable bonds is 3. The van der Waals surface area contributed by atoms with Gasteiger partial charge < -0.3 is 0 Å². The standard InChI is InChI=1S/C12H11NO/c1-2-12(14)11(9-13)8-10-6-4-3-5-7-10/h3-8H,2H2,1H3/b11-8-. The van der Waals surface area contributed by atoms with Crippen molar-refractivity contribution in [3.8, 4) is 6.07 Å². The van der Waals surface area contributed by atoms with Crippen molar-refractivity contribution in [2.75, 3.05) is 0 Å². The SMILES string of the molecule is CCC(=O)/C(C#N)=C\c1ccccc1. The summed E-state index contributed by atoms with van der Waals surface area (Å²) in [5.41, 5.74) is 1.10. The van der Waals surface area contributed by atoms with Gasteiger partial charge in [0.1, 0.15) is 6.07 Å². The van der Waals surface area contributed by atoms with Crippen LogP contribution in [-0.2, 0) is 4.79 Å².